The third kappa shape index (κ3) is 9.24. The van der Waals surface area contributed by atoms with Crippen LogP contribution in [0.4, 0.5) is 0 Å². The van der Waals surface area contributed by atoms with Gasteiger partial charge >= 0.3 is 5.97 Å². The van der Waals surface area contributed by atoms with Crippen molar-refractivity contribution in [3.8, 4) is 0 Å². The summed E-state index contributed by atoms with van der Waals surface area (Å²) in [5, 5.41) is 0. The first kappa shape index (κ1) is 31.9. The number of nitrogens with zero attached hydrogens (tertiary/aromatic N) is 2. The molecule has 0 saturated carbocycles. The molecule has 0 saturated heterocycles. The molecule has 0 bridgehead atoms. The topological polar surface area (TPSA) is 32.8 Å². The Kier molecular flexibility index (Phi) is 11.7. The Labute approximate surface area is 268 Å². The molecule has 0 aliphatic carbocycles. The van der Waals surface area contributed by atoms with Crippen LogP contribution in [-0.2, 0) is 42.1 Å². The zero-order valence-electron chi connectivity index (χ0n) is 26.3. The molecule has 4 nitrogen and oxygen atoms in total. The molecule has 0 spiro atoms. The van der Waals surface area contributed by atoms with Gasteiger partial charge in [-0.3, -0.25) is 9.80 Å². The van der Waals surface area contributed by atoms with Crippen molar-refractivity contribution < 1.29 is 9.53 Å². The number of aryl methyl sites for hydroxylation is 1. The quantitative estimate of drug-likeness (QED) is 0.107. The molecule has 0 radical (unpaired) electrons. The molecule has 1 atom stereocenters. The van der Waals surface area contributed by atoms with Crippen LogP contribution in [0.1, 0.15) is 41.2 Å². The average molecular weight is 597 g/mol. The smallest absolute Gasteiger partial charge is 0.327 e. The number of hydrogen-bond acceptors (Lipinski definition) is 4. The van der Waals surface area contributed by atoms with E-state index >= 15 is 0 Å². The van der Waals surface area contributed by atoms with Crippen LogP contribution in [0.5, 0.6) is 0 Å². The van der Waals surface area contributed by atoms with Crippen LogP contribution in [0.2, 0.25) is 0 Å². The second kappa shape index (κ2) is 16.5. The van der Waals surface area contributed by atoms with Gasteiger partial charge in [-0.2, -0.15) is 0 Å². The Bertz CT molecular complexity index is 1460. The second-order valence-corrected chi connectivity index (χ2v) is 11.7. The second-order valence-electron chi connectivity index (χ2n) is 11.7. The maximum absolute atomic E-state index is 14.7. The lowest BCUT2D eigenvalue weighted by atomic mass is 9.86. The van der Waals surface area contributed by atoms with Crippen LogP contribution in [0.15, 0.2) is 152 Å². The molecule has 1 unspecified atom stereocenters. The standard InChI is InChI=1S/C41H44N2O2/c1-2-45-40(44)41(29-28-35-18-8-3-9-19-35,43(32-38-24-14-6-15-25-38)33-39-26-16-7-17-27-39)34-42(30-36-20-10-4-11-21-36)31-37-22-12-5-13-23-37/h3-27H,2,28-34H2,1H3. The summed E-state index contributed by atoms with van der Waals surface area (Å²) in [5.74, 6) is -0.168. The van der Waals surface area contributed by atoms with Crippen LogP contribution in [0.3, 0.4) is 0 Å². The maximum Gasteiger partial charge on any atom is 0.327 e. The van der Waals surface area contributed by atoms with Crippen LogP contribution in [0.25, 0.3) is 0 Å². The minimum atomic E-state index is -0.929. The predicted octanol–water partition coefficient (Wildman–Crippen LogP) is 8.33. The molecule has 230 valence electrons. The summed E-state index contributed by atoms with van der Waals surface area (Å²) in [4.78, 5) is 19.5. The summed E-state index contributed by atoms with van der Waals surface area (Å²) < 4.78 is 6.05. The largest absolute Gasteiger partial charge is 0.465 e. The van der Waals surface area contributed by atoms with E-state index in [-0.39, 0.29) is 5.97 Å². The molecular formula is C41H44N2O2. The van der Waals surface area contributed by atoms with E-state index in [1.165, 1.54) is 27.8 Å². The van der Waals surface area contributed by atoms with E-state index in [9.17, 15) is 4.79 Å². The van der Waals surface area contributed by atoms with E-state index < -0.39 is 5.54 Å². The fraction of sp³-hybridized carbons (Fsp3) is 0.244. The van der Waals surface area contributed by atoms with Gasteiger partial charge in [0.25, 0.3) is 0 Å². The molecule has 4 heteroatoms. The van der Waals surface area contributed by atoms with Gasteiger partial charge in [0, 0.05) is 32.7 Å². The third-order valence-corrected chi connectivity index (χ3v) is 8.35. The molecule has 0 heterocycles. The molecule has 5 rings (SSSR count). The molecule has 0 aromatic heterocycles. The van der Waals surface area contributed by atoms with Gasteiger partial charge in [0.05, 0.1) is 6.61 Å². The fourth-order valence-corrected chi connectivity index (χ4v) is 6.08. The molecule has 0 fully saturated rings. The predicted molar refractivity (Wildman–Crippen MR) is 183 cm³/mol. The van der Waals surface area contributed by atoms with E-state index in [4.69, 9.17) is 4.74 Å². The molecule has 0 amide bonds. The van der Waals surface area contributed by atoms with Gasteiger partial charge in [-0.25, -0.2) is 4.79 Å². The maximum atomic E-state index is 14.7. The Morgan fingerprint density at radius 2 is 0.889 bits per heavy atom. The van der Waals surface area contributed by atoms with Crippen molar-refractivity contribution in [1.29, 1.82) is 0 Å². The van der Waals surface area contributed by atoms with Crippen molar-refractivity contribution >= 4 is 5.97 Å². The van der Waals surface area contributed by atoms with Gasteiger partial charge in [-0.1, -0.05) is 152 Å². The summed E-state index contributed by atoms with van der Waals surface area (Å²) in [6.45, 7) is 5.42. The Morgan fingerprint density at radius 1 is 0.533 bits per heavy atom. The van der Waals surface area contributed by atoms with E-state index in [2.05, 4.69) is 143 Å². The van der Waals surface area contributed by atoms with Crippen molar-refractivity contribution in [1.82, 2.24) is 9.80 Å². The van der Waals surface area contributed by atoms with Gasteiger partial charge in [0.1, 0.15) is 5.54 Å². The zero-order valence-corrected chi connectivity index (χ0v) is 26.3. The molecule has 5 aromatic rings. The highest BCUT2D eigenvalue weighted by Gasteiger charge is 2.46. The number of ether oxygens (including phenoxy) is 1. The minimum absolute atomic E-state index is 0.168. The van der Waals surface area contributed by atoms with Crippen LogP contribution >= 0.6 is 0 Å². The highest BCUT2D eigenvalue weighted by atomic mass is 16.5. The number of esters is 1. The molecule has 5 aromatic carbocycles. The molecule has 45 heavy (non-hydrogen) atoms. The van der Waals surface area contributed by atoms with Crippen LogP contribution < -0.4 is 0 Å². The first-order chi connectivity index (χ1) is 22.1. The summed E-state index contributed by atoms with van der Waals surface area (Å²) >= 11 is 0. The number of carbonyl (C=O) groups is 1. The number of carbonyl (C=O) groups excluding carboxylic acids is 1. The third-order valence-electron chi connectivity index (χ3n) is 8.35. The highest BCUT2D eigenvalue weighted by molar-refractivity contribution is 5.81. The number of benzene rings is 5. The molecule has 0 aliphatic heterocycles. The van der Waals surface area contributed by atoms with E-state index in [0.29, 0.717) is 45.8 Å². The zero-order chi connectivity index (χ0) is 31.2. The normalized spacial score (nSPS) is 12.6. The van der Waals surface area contributed by atoms with Crippen molar-refractivity contribution in [3.05, 3.63) is 179 Å². The van der Waals surface area contributed by atoms with Crippen LogP contribution in [-0.4, -0.2) is 34.5 Å². The first-order valence-corrected chi connectivity index (χ1v) is 16.0. The van der Waals surface area contributed by atoms with Gasteiger partial charge in [0.2, 0.25) is 0 Å². The average Bonchev–Trinajstić information content (AvgIpc) is 3.09. The lowest BCUT2D eigenvalue weighted by Crippen LogP contribution is -2.61. The highest BCUT2D eigenvalue weighted by Crippen LogP contribution is 2.31. The SMILES string of the molecule is CCOC(=O)C(CCc1ccccc1)(CN(Cc1ccccc1)Cc1ccccc1)N(Cc1ccccc1)Cc1ccccc1. The van der Waals surface area contributed by atoms with Gasteiger partial charge in [0.15, 0.2) is 0 Å². The van der Waals surface area contributed by atoms with E-state index in [1.54, 1.807) is 0 Å². The summed E-state index contributed by atoms with van der Waals surface area (Å²) in [6.07, 6.45) is 1.37. The number of hydrogen-bond donors (Lipinski definition) is 0. The van der Waals surface area contributed by atoms with Crippen molar-refractivity contribution in [2.24, 2.45) is 0 Å². The lowest BCUT2D eigenvalue weighted by molar-refractivity contribution is -0.162. The van der Waals surface area contributed by atoms with Gasteiger partial charge in [-0.15, -0.1) is 0 Å². The summed E-state index contributed by atoms with van der Waals surface area (Å²) in [7, 11) is 0. The van der Waals surface area contributed by atoms with Crippen molar-refractivity contribution in [2.45, 2.75) is 51.5 Å². The van der Waals surface area contributed by atoms with E-state index in [0.717, 1.165) is 6.42 Å². The first-order valence-electron chi connectivity index (χ1n) is 16.0. The van der Waals surface area contributed by atoms with Gasteiger partial charge < -0.3 is 4.74 Å². The molecule has 0 N–H and O–H groups in total. The van der Waals surface area contributed by atoms with Crippen molar-refractivity contribution in [2.75, 3.05) is 13.2 Å². The van der Waals surface area contributed by atoms with Crippen molar-refractivity contribution in [3.63, 3.8) is 0 Å². The Morgan fingerprint density at radius 3 is 1.27 bits per heavy atom. The molecular weight excluding hydrogens is 552 g/mol. The molecule has 0 aliphatic rings. The minimum Gasteiger partial charge on any atom is -0.465 e. The lowest BCUT2D eigenvalue weighted by Gasteiger charge is -2.45. The van der Waals surface area contributed by atoms with E-state index in [1.807, 2.05) is 25.1 Å². The fourth-order valence-electron chi connectivity index (χ4n) is 6.08. The Hall–Kier alpha value is -4.51. The summed E-state index contributed by atoms with van der Waals surface area (Å²) in [5.41, 5.74) is 5.04. The van der Waals surface area contributed by atoms with Crippen LogP contribution in [0, 0.1) is 0 Å². The number of rotatable bonds is 16. The summed E-state index contributed by atoms with van der Waals surface area (Å²) in [6, 6.07) is 52.6. The van der Waals surface area contributed by atoms with Gasteiger partial charge in [-0.05, 0) is 47.6 Å². The Balaban J connectivity index is 1.62. The monoisotopic (exact) mass is 596 g/mol.